The van der Waals surface area contributed by atoms with Crippen LogP contribution in [0.4, 0.5) is 5.69 Å². The fraction of sp³-hybridized carbons (Fsp3) is 0.182. The molecule has 1 saturated heterocycles. The number of hydrogen-bond donors (Lipinski definition) is 0. The Morgan fingerprint density at radius 3 is 2.56 bits per heavy atom. The van der Waals surface area contributed by atoms with Crippen LogP contribution in [0.2, 0.25) is 5.02 Å². The smallest absolute Gasteiger partial charge is 0.246 e. The fourth-order valence-electron chi connectivity index (χ4n) is 3.00. The average molecular weight is 378 g/mol. The molecular weight excluding hydrogens is 358 g/mol. The standard InChI is InChI=1S/C22H20ClN3O/c23-20-9-5-10-21(16-20)25-12-14-26(15-13-25)22(27)11-4-3-7-18-6-1-2-8-19(18)17-24/h1-11,16H,12-15H2. The Bertz CT molecular complexity index is 906. The van der Waals surface area contributed by atoms with Crippen LogP contribution < -0.4 is 4.90 Å². The maximum atomic E-state index is 12.3. The summed E-state index contributed by atoms with van der Waals surface area (Å²) in [6, 6.07) is 17.3. The monoisotopic (exact) mass is 377 g/mol. The van der Waals surface area contributed by atoms with Gasteiger partial charge in [0.05, 0.1) is 11.6 Å². The largest absolute Gasteiger partial charge is 0.368 e. The number of nitriles is 1. The van der Waals surface area contributed by atoms with Gasteiger partial charge in [-0.2, -0.15) is 5.26 Å². The lowest BCUT2D eigenvalue weighted by molar-refractivity contribution is -0.126. The van der Waals surface area contributed by atoms with Crippen molar-refractivity contribution >= 4 is 29.3 Å². The van der Waals surface area contributed by atoms with Gasteiger partial charge in [-0.25, -0.2) is 0 Å². The van der Waals surface area contributed by atoms with Gasteiger partial charge in [0, 0.05) is 43.0 Å². The first-order chi connectivity index (χ1) is 13.2. The van der Waals surface area contributed by atoms with Crippen LogP contribution in [0.3, 0.4) is 0 Å². The summed E-state index contributed by atoms with van der Waals surface area (Å²) in [7, 11) is 0. The van der Waals surface area contributed by atoms with Gasteiger partial charge in [0.25, 0.3) is 0 Å². The van der Waals surface area contributed by atoms with Crippen molar-refractivity contribution in [3.05, 3.63) is 82.9 Å². The zero-order valence-corrected chi connectivity index (χ0v) is 15.6. The number of nitrogens with zero attached hydrogens (tertiary/aromatic N) is 3. The molecule has 1 amide bonds. The summed E-state index contributed by atoms with van der Waals surface area (Å²) in [5.74, 6) is -0.000961. The third-order valence-electron chi connectivity index (χ3n) is 4.47. The Labute approximate surface area is 164 Å². The molecule has 27 heavy (non-hydrogen) atoms. The van der Waals surface area contributed by atoms with Gasteiger partial charge in [-0.15, -0.1) is 0 Å². The van der Waals surface area contributed by atoms with Gasteiger partial charge in [-0.1, -0.05) is 54.1 Å². The van der Waals surface area contributed by atoms with E-state index in [-0.39, 0.29) is 5.91 Å². The first-order valence-electron chi connectivity index (χ1n) is 8.80. The van der Waals surface area contributed by atoms with E-state index in [1.165, 1.54) is 0 Å². The van der Waals surface area contributed by atoms with Crippen LogP contribution in [0.15, 0.2) is 66.8 Å². The Morgan fingerprint density at radius 1 is 1.04 bits per heavy atom. The van der Waals surface area contributed by atoms with E-state index >= 15 is 0 Å². The molecule has 2 aromatic carbocycles. The summed E-state index contributed by atoms with van der Waals surface area (Å²) in [6.07, 6.45) is 6.91. The number of piperazine rings is 1. The molecule has 2 aromatic rings. The van der Waals surface area contributed by atoms with Crippen molar-refractivity contribution in [1.29, 1.82) is 5.26 Å². The number of anilines is 1. The summed E-state index contributed by atoms with van der Waals surface area (Å²) in [5, 5.41) is 9.80. The minimum atomic E-state index is -0.000961. The molecule has 0 saturated carbocycles. The number of benzene rings is 2. The highest BCUT2D eigenvalue weighted by Gasteiger charge is 2.19. The van der Waals surface area contributed by atoms with Gasteiger partial charge in [-0.05, 0) is 29.8 Å². The van der Waals surface area contributed by atoms with Crippen molar-refractivity contribution in [2.45, 2.75) is 0 Å². The highest BCUT2D eigenvalue weighted by atomic mass is 35.5. The van der Waals surface area contributed by atoms with Crippen LogP contribution in [-0.2, 0) is 4.79 Å². The van der Waals surface area contributed by atoms with E-state index in [1.54, 1.807) is 24.3 Å². The van der Waals surface area contributed by atoms with Crippen LogP contribution in [-0.4, -0.2) is 37.0 Å². The highest BCUT2D eigenvalue weighted by molar-refractivity contribution is 6.30. The molecule has 1 fully saturated rings. The van der Waals surface area contributed by atoms with Gasteiger partial charge < -0.3 is 9.80 Å². The summed E-state index contributed by atoms with van der Waals surface area (Å²) in [5.41, 5.74) is 2.54. The number of allylic oxidation sites excluding steroid dienone is 2. The average Bonchev–Trinajstić information content (AvgIpc) is 2.71. The van der Waals surface area contributed by atoms with Crippen molar-refractivity contribution in [2.24, 2.45) is 0 Å². The molecule has 0 atom stereocenters. The Kier molecular flexibility index (Phi) is 6.30. The lowest BCUT2D eigenvalue weighted by Crippen LogP contribution is -2.48. The maximum absolute atomic E-state index is 12.3. The molecule has 3 rings (SSSR count). The quantitative estimate of drug-likeness (QED) is 0.594. The van der Waals surface area contributed by atoms with Crippen molar-refractivity contribution in [3.8, 4) is 6.07 Å². The molecule has 5 heteroatoms. The third kappa shape index (κ3) is 4.99. The van der Waals surface area contributed by atoms with Gasteiger partial charge in [0.1, 0.15) is 0 Å². The van der Waals surface area contributed by atoms with Gasteiger partial charge in [-0.3, -0.25) is 4.79 Å². The van der Waals surface area contributed by atoms with Crippen molar-refractivity contribution < 1.29 is 4.79 Å². The minimum Gasteiger partial charge on any atom is -0.368 e. The number of rotatable bonds is 4. The van der Waals surface area contributed by atoms with E-state index in [4.69, 9.17) is 16.9 Å². The second-order valence-electron chi connectivity index (χ2n) is 6.21. The highest BCUT2D eigenvalue weighted by Crippen LogP contribution is 2.20. The minimum absolute atomic E-state index is 0.000961. The molecule has 0 unspecified atom stereocenters. The van der Waals surface area contributed by atoms with Crippen LogP contribution in [0.5, 0.6) is 0 Å². The zero-order valence-electron chi connectivity index (χ0n) is 14.9. The van der Waals surface area contributed by atoms with E-state index in [9.17, 15) is 4.79 Å². The maximum Gasteiger partial charge on any atom is 0.246 e. The second-order valence-corrected chi connectivity index (χ2v) is 6.65. The summed E-state index contributed by atoms with van der Waals surface area (Å²) < 4.78 is 0. The molecule has 136 valence electrons. The number of hydrogen-bond acceptors (Lipinski definition) is 3. The van der Waals surface area contributed by atoms with Crippen LogP contribution in [0, 0.1) is 11.3 Å². The fourth-order valence-corrected chi connectivity index (χ4v) is 3.19. The number of carbonyl (C=O) groups is 1. The topological polar surface area (TPSA) is 47.3 Å². The number of halogens is 1. The van der Waals surface area contributed by atoms with E-state index in [0.29, 0.717) is 18.7 Å². The Balaban J connectivity index is 1.53. The number of carbonyl (C=O) groups excluding carboxylic acids is 1. The molecule has 0 N–H and O–H groups in total. The van der Waals surface area contributed by atoms with Gasteiger partial charge >= 0.3 is 0 Å². The van der Waals surface area contributed by atoms with Crippen LogP contribution in [0.1, 0.15) is 11.1 Å². The normalized spacial score (nSPS) is 14.7. The van der Waals surface area contributed by atoms with Crippen molar-refractivity contribution in [3.63, 3.8) is 0 Å². The molecule has 0 aromatic heterocycles. The summed E-state index contributed by atoms with van der Waals surface area (Å²) in [4.78, 5) is 16.4. The van der Waals surface area contributed by atoms with Crippen molar-refractivity contribution in [2.75, 3.05) is 31.1 Å². The predicted octanol–water partition coefficient (Wildman–Crippen LogP) is 4.13. The first-order valence-corrected chi connectivity index (χ1v) is 9.18. The molecular formula is C22H20ClN3O. The lowest BCUT2D eigenvalue weighted by Gasteiger charge is -2.35. The molecule has 1 heterocycles. The van der Waals surface area contributed by atoms with Gasteiger partial charge in [0.2, 0.25) is 5.91 Å². The lowest BCUT2D eigenvalue weighted by atomic mass is 10.1. The second kappa shape index (κ2) is 9.07. The Hall–Kier alpha value is -3.03. The Morgan fingerprint density at radius 2 is 1.81 bits per heavy atom. The third-order valence-corrected chi connectivity index (χ3v) is 4.71. The van der Waals surface area contributed by atoms with Crippen LogP contribution in [0.25, 0.3) is 6.08 Å². The molecule has 0 bridgehead atoms. The molecule has 0 aliphatic carbocycles. The predicted molar refractivity (Wildman–Crippen MR) is 110 cm³/mol. The molecule has 1 aliphatic rings. The number of amides is 1. The van der Waals surface area contributed by atoms with Gasteiger partial charge in [0.15, 0.2) is 0 Å². The molecule has 0 radical (unpaired) electrons. The molecule has 4 nitrogen and oxygen atoms in total. The van der Waals surface area contributed by atoms with E-state index in [2.05, 4.69) is 11.0 Å². The van der Waals surface area contributed by atoms with Crippen LogP contribution >= 0.6 is 11.6 Å². The van der Waals surface area contributed by atoms with Crippen molar-refractivity contribution in [1.82, 2.24) is 4.90 Å². The van der Waals surface area contributed by atoms with E-state index in [1.807, 2.05) is 53.4 Å². The molecule has 0 spiro atoms. The van der Waals surface area contributed by atoms with E-state index in [0.717, 1.165) is 29.4 Å². The summed E-state index contributed by atoms with van der Waals surface area (Å²) >= 11 is 6.05. The summed E-state index contributed by atoms with van der Waals surface area (Å²) in [6.45, 7) is 2.92. The first kappa shape index (κ1) is 18.8. The van der Waals surface area contributed by atoms with E-state index < -0.39 is 0 Å². The molecule has 1 aliphatic heterocycles. The SMILES string of the molecule is N#Cc1ccccc1C=CC=CC(=O)N1CCN(c2cccc(Cl)c2)CC1. The zero-order chi connectivity index (χ0) is 19.1.